The van der Waals surface area contributed by atoms with E-state index in [0.29, 0.717) is 47.8 Å². The minimum Gasteiger partial charge on any atom is -0.490 e. The summed E-state index contributed by atoms with van der Waals surface area (Å²) in [5.41, 5.74) is 2.65. The van der Waals surface area contributed by atoms with Gasteiger partial charge in [0.1, 0.15) is 6.61 Å². The van der Waals surface area contributed by atoms with E-state index in [2.05, 4.69) is 5.32 Å². The topological polar surface area (TPSA) is 50.7 Å². The van der Waals surface area contributed by atoms with Crippen LogP contribution in [0.25, 0.3) is 0 Å². The molecule has 1 unspecified atom stereocenters. The molecule has 0 aliphatic rings. The number of hydrogen-bond donors (Lipinski definition) is 2. The van der Waals surface area contributed by atoms with Gasteiger partial charge in [0.15, 0.2) is 11.5 Å². The summed E-state index contributed by atoms with van der Waals surface area (Å²) in [6, 6.07) is 20.7. The third-order valence-corrected chi connectivity index (χ3v) is 5.17. The standard InChI is InChI=1S/C24H25Cl2NO3.ClH/c1-2-29-23-10-6-9-18(14-27-15-22(28)17-7-4-3-5-8-17)24(23)30-16-19-11-12-20(25)13-21(19)26;/h3-13,22,27-28H,2,14-16H2,1H3;1H. The Morgan fingerprint density at radius 1 is 0.935 bits per heavy atom. The Balaban J connectivity index is 0.00000341. The van der Waals surface area contributed by atoms with Crippen molar-refractivity contribution in [1.82, 2.24) is 5.32 Å². The summed E-state index contributed by atoms with van der Waals surface area (Å²) < 4.78 is 11.9. The fourth-order valence-electron chi connectivity index (χ4n) is 3.06. The molecule has 0 aliphatic heterocycles. The first kappa shape index (κ1) is 25.3. The lowest BCUT2D eigenvalue weighted by Gasteiger charge is -2.18. The summed E-state index contributed by atoms with van der Waals surface area (Å²) in [7, 11) is 0. The van der Waals surface area contributed by atoms with Gasteiger partial charge in [0, 0.05) is 34.3 Å². The number of benzene rings is 3. The number of nitrogens with one attached hydrogen (secondary N) is 1. The van der Waals surface area contributed by atoms with Crippen LogP contribution in [0.5, 0.6) is 11.5 Å². The van der Waals surface area contributed by atoms with E-state index in [9.17, 15) is 5.11 Å². The second-order valence-corrected chi connectivity index (χ2v) is 7.60. The molecular formula is C24H26Cl3NO3. The molecule has 166 valence electrons. The molecule has 0 aromatic heterocycles. The molecule has 0 amide bonds. The fourth-order valence-corrected chi connectivity index (χ4v) is 3.52. The zero-order chi connectivity index (χ0) is 21.3. The molecule has 0 saturated heterocycles. The van der Waals surface area contributed by atoms with Crippen molar-refractivity contribution in [2.24, 2.45) is 0 Å². The second-order valence-electron chi connectivity index (χ2n) is 6.76. The fraction of sp³-hybridized carbons (Fsp3) is 0.250. The van der Waals surface area contributed by atoms with Gasteiger partial charge in [0.25, 0.3) is 0 Å². The molecular weight excluding hydrogens is 457 g/mol. The molecule has 2 N–H and O–H groups in total. The molecule has 0 fully saturated rings. The van der Waals surface area contributed by atoms with E-state index in [0.717, 1.165) is 16.7 Å². The van der Waals surface area contributed by atoms with Crippen molar-refractivity contribution in [3.63, 3.8) is 0 Å². The predicted octanol–water partition coefficient (Wildman–Crippen LogP) is 6.22. The van der Waals surface area contributed by atoms with Gasteiger partial charge in [-0.1, -0.05) is 71.7 Å². The first-order valence-corrected chi connectivity index (χ1v) is 10.6. The monoisotopic (exact) mass is 481 g/mol. The summed E-state index contributed by atoms with van der Waals surface area (Å²) in [6.07, 6.45) is -0.585. The van der Waals surface area contributed by atoms with Crippen molar-refractivity contribution >= 4 is 35.6 Å². The number of aliphatic hydroxyl groups excluding tert-OH is 1. The molecule has 0 bridgehead atoms. The average Bonchev–Trinajstić information content (AvgIpc) is 2.75. The lowest BCUT2D eigenvalue weighted by atomic mass is 10.1. The van der Waals surface area contributed by atoms with E-state index >= 15 is 0 Å². The zero-order valence-corrected chi connectivity index (χ0v) is 19.5. The molecule has 3 aromatic carbocycles. The predicted molar refractivity (Wildman–Crippen MR) is 129 cm³/mol. The highest BCUT2D eigenvalue weighted by Gasteiger charge is 2.13. The molecule has 0 saturated carbocycles. The normalized spacial score (nSPS) is 11.5. The molecule has 7 heteroatoms. The smallest absolute Gasteiger partial charge is 0.166 e. The molecule has 0 heterocycles. The van der Waals surface area contributed by atoms with Crippen LogP contribution >= 0.6 is 35.6 Å². The van der Waals surface area contributed by atoms with Gasteiger partial charge in [-0.05, 0) is 30.7 Å². The molecule has 3 rings (SSSR count). The summed E-state index contributed by atoms with van der Waals surface area (Å²) in [4.78, 5) is 0. The van der Waals surface area contributed by atoms with Crippen molar-refractivity contribution in [2.45, 2.75) is 26.2 Å². The van der Waals surface area contributed by atoms with Gasteiger partial charge in [0.2, 0.25) is 0 Å². The lowest BCUT2D eigenvalue weighted by Crippen LogP contribution is -2.21. The van der Waals surface area contributed by atoms with Crippen LogP contribution < -0.4 is 14.8 Å². The second kappa shape index (κ2) is 12.8. The third kappa shape index (κ3) is 7.30. The molecule has 1 atom stereocenters. The Hall–Kier alpha value is -1.95. The zero-order valence-electron chi connectivity index (χ0n) is 17.2. The van der Waals surface area contributed by atoms with Gasteiger partial charge < -0.3 is 19.9 Å². The van der Waals surface area contributed by atoms with Gasteiger partial charge in [-0.25, -0.2) is 0 Å². The summed E-state index contributed by atoms with van der Waals surface area (Å²) >= 11 is 12.3. The minimum atomic E-state index is -0.585. The summed E-state index contributed by atoms with van der Waals surface area (Å²) in [5.74, 6) is 1.33. The van der Waals surface area contributed by atoms with Crippen LogP contribution in [0.4, 0.5) is 0 Å². The quantitative estimate of drug-likeness (QED) is 0.360. The van der Waals surface area contributed by atoms with Gasteiger partial charge in [0.05, 0.1) is 12.7 Å². The summed E-state index contributed by atoms with van der Waals surface area (Å²) in [5, 5.41) is 14.8. The van der Waals surface area contributed by atoms with E-state index in [-0.39, 0.29) is 12.4 Å². The van der Waals surface area contributed by atoms with Gasteiger partial charge in [-0.15, -0.1) is 12.4 Å². The Morgan fingerprint density at radius 3 is 2.42 bits per heavy atom. The van der Waals surface area contributed by atoms with Gasteiger partial charge in [-0.3, -0.25) is 0 Å². The largest absolute Gasteiger partial charge is 0.490 e. The van der Waals surface area contributed by atoms with Crippen molar-refractivity contribution in [2.75, 3.05) is 13.2 Å². The van der Waals surface area contributed by atoms with Gasteiger partial charge in [-0.2, -0.15) is 0 Å². The molecule has 0 aliphatic carbocycles. The molecule has 31 heavy (non-hydrogen) atoms. The van der Waals surface area contributed by atoms with Crippen LogP contribution in [-0.4, -0.2) is 18.3 Å². The van der Waals surface area contributed by atoms with Crippen LogP contribution in [0, 0.1) is 0 Å². The van der Waals surface area contributed by atoms with E-state index in [1.165, 1.54) is 0 Å². The molecule has 4 nitrogen and oxygen atoms in total. The third-order valence-electron chi connectivity index (χ3n) is 4.58. The first-order chi connectivity index (χ1) is 14.6. The average molecular weight is 483 g/mol. The van der Waals surface area contributed by atoms with E-state index in [1.54, 1.807) is 12.1 Å². The molecule has 0 spiro atoms. The van der Waals surface area contributed by atoms with Crippen molar-refractivity contribution in [3.8, 4) is 11.5 Å². The van der Waals surface area contributed by atoms with E-state index in [4.69, 9.17) is 32.7 Å². The minimum absolute atomic E-state index is 0. The highest BCUT2D eigenvalue weighted by molar-refractivity contribution is 6.35. The van der Waals surface area contributed by atoms with Crippen LogP contribution in [0.1, 0.15) is 29.7 Å². The number of aliphatic hydroxyl groups is 1. The van der Waals surface area contributed by atoms with Crippen molar-refractivity contribution in [3.05, 3.63) is 93.5 Å². The number of hydrogen-bond acceptors (Lipinski definition) is 4. The SMILES string of the molecule is CCOc1cccc(CNCC(O)c2ccccc2)c1OCc1ccc(Cl)cc1Cl.Cl. The maximum atomic E-state index is 10.4. The van der Waals surface area contributed by atoms with Crippen LogP contribution in [0.3, 0.4) is 0 Å². The summed E-state index contributed by atoms with van der Waals surface area (Å²) in [6.45, 7) is 3.70. The first-order valence-electron chi connectivity index (χ1n) is 9.83. The van der Waals surface area contributed by atoms with Crippen molar-refractivity contribution in [1.29, 1.82) is 0 Å². The Labute approximate surface area is 199 Å². The number of rotatable bonds is 10. The van der Waals surface area contributed by atoms with Crippen molar-refractivity contribution < 1.29 is 14.6 Å². The Morgan fingerprint density at radius 2 is 1.71 bits per heavy atom. The molecule has 3 aromatic rings. The maximum Gasteiger partial charge on any atom is 0.166 e. The van der Waals surface area contributed by atoms with Gasteiger partial charge >= 0.3 is 0 Å². The van der Waals surface area contributed by atoms with E-state index < -0.39 is 6.10 Å². The highest BCUT2D eigenvalue weighted by Crippen LogP contribution is 2.33. The number of para-hydroxylation sites is 1. The maximum absolute atomic E-state index is 10.4. The Bertz CT molecular complexity index is 954. The number of ether oxygens (including phenoxy) is 2. The highest BCUT2D eigenvalue weighted by atomic mass is 35.5. The van der Waals surface area contributed by atoms with Crippen LogP contribution in [0.2, 0.25) is 10.0 Å². The number of halogens is 3. The lowest BCUT2D eigenvalue weighted by molar-refractivity contribution is 0.174. The van der Waals surface area contributed by atoms with Crippen LogP contribution in [-0.2, 0) is 13.2 Å². The van der Waals surface area contributed by atoms with Crippen LogP contribution in [0.15, 0.2) is 66.7 Å². The Kier molecular flexibility index (Phi) is 10.4. The molecule has 0 radical (unpaired) electrons. The van der Waals surface area contributed by atoms with E-state index in [1.807, 2.05) is 61.5 Å².